The lowest BCUT2D eigenvalue weighted by Gasteiger charge is -2.36. The van der Waals surface area contributed by atoms with Crippen molar-refractivity contribution in [3.8, 4) is 22.5 Å². The molecule has 40 heavy (non-hydrogen) atoms. The average molecular weight is 541 g/mol. The monoisotopic (exact) mass is 540 g/mol. The summed E-state index contributed by atoms with van der Waals surface area (Å²) < 4.78 is 16.1. The van der Waals surface area contributed by atoms with Gasteiger partial charge in [0.1, 0.15) is 18.0 Å². The first-order valence-corrected chi connectivity index (χ1v) is 13.7. The van der Waals surface area contributed by atoms with Crippen LogP contribution in [0.5, 0.6) is 0 Å². The summed E-state index contributed by atoms with van der Waals surface area (Å²) >= 11 is 0. The predicted molar refractivity (Wildman–Crippen MR) is 151 cm³/mol. The highest BCUT2D eigenvalue weighted by molar-refractivity contribution is 6.10. The van der Waals surface area contributed by atoms with E-state index in [4.69, 9.17) is 4.98 Å². The molecule has 1 saturated carbocycles. The van der Waals surface area contributed by atoms with Gasteiger partial charge in [-0.25, -0.2) is 9.37 Å². The number of halogens is 1. The number of anilines is 1. The molecule has 3 heterocycles. The number of nitrogens with one attached hydrogen (secondary N) is 1. The van der Waals surface area contributed by atoms with Crippen LogP contribution in [-0.2, 0) is 20.1 Å². The summed E-state index contributed by atoms with van der Waals surface area (Å²) in [5.41, 5.74) is 5.09. The Hall–Kier alpha value is -3.95. The maximum atomic E-state index is 14.4. The largest absolute Gasteiger partial charge is 0.389 e. The van der Waals surface area contributed by atoms with E-state index in [1.54, 1.807) is 21.9 Å². The van der Waals surface area contributed by atoms with Crippen molar-refractivity contribution in [2.75, 3.05) is 11.4 Å². The quantitative estimate of drug-likeness (QED) is 0.328. The lowest BCUT2D eigenvalue weighted by Crippen LogP contribution is -2.45. The average Bonchev–Trinajstić information content (AvgIpc) is 3.50. The zero-order chi connectivity index (χ0) is 28.0. The van der Waals surface area contributed by atoms with Gasteiger partial charge < -0.3 is 15.0 Å². The third-order valence-corrected chi connectivity index (χ3v) is 7.99. The van der Waals surface area contributed by atoms with E-state index >= 15 is 0 Å². The molecule has 8 nitrogen and oxygen atoms in total. The van der Waals surface area contributed by atoms with Crippen LogP contribution >= 0.6 is 0 Å². The molecule has 1 amide bonds. The maximum Gasteiger partial charge on any atom is 0.260 e. The molecule has 206 valence electrons. The SMILES string of the molecule is CC(C)c1cc(-c2ccc(F)cc2-c2nncn2C)cc(N2Cc3ccc(CNCC4(O)CCC4)cc3C2=O)n1. The maximum absolute atomic E-state index is 14.4. The fraction of sp³-hybridized carbons (Fsp3) is 0.355. The number of carbonyl (C=O) groups excluding carboxylic acids is 1. The first-order chi connectivity index (χ1) is 19.2. The van der Waals surface area contributed by atoms with Crippen molar-refractivity contribution in [3.05, 3.63) is 83.1 Å². The molecule has 2 N–H and O–H groups in total. The van der Waals surface area contributed by atoms with E-state index in [-0.39, 0.29) is 17.6 Å². The summed E-state index contributed by atoms with van der Waals surface area (Å²) in [6, 6.07) is 14.5. The minimum atomic E-state index is -0.592. The van der Waals surface area contributed by atoms with Crippen molar-refractivity contribution in [1.29, 1.82) is 0 Å². The van der Waals surface area contributed by atoms with E-state index in [1.807, 2.05) is 37.4 Å². The van der Waals surface area contributed by atoms with Gasteiger partial charge in [0, 0.05) is 37.0 Å². The Morgan fingerprint density at radius 2 is 1.90 bits per heavy atom. The number of aromatic nitrogens is 4. The zero-order valence-corrected chi connectivity index (χ0v) is 23.0. The third kappa shape index (κ3) is 4.91. The number of nitrogens with zero attached hydrogens (tertiary/aromatic N) is 5. The van der Waals surface area contributed by atoms with Crippen molar-refractivity contribution in [1.82, 2.24) is 25.1 Å². The van der Waals surface area contributed by atoms with Gasteiger partial charge in [-0.05, 0) is 77.8 Å². The minimum absolute atomic E-state index is 0.0959. The Kier molecular flexibility index (Phi) is 6.72. The molecule has 2 aromatic carbocycles. The van der Waals surface area contributed by atoms with Gasteiger partial charge in [0.2, 0.25) is 0 Å². The minimum Gasteiger partial charge on any atom is -0.389 e. The second-order valence-corrected chi connectivity index (χ2v) is 11.3. The van der Waals surface area contributed by atoms with Gasteiger partial charge in [0.25, 0.3) is 5.91 Å². The topological polar surface area (TPSA) is 96.2 Å². The van der Waals surface area contributed by atoms with E-state index in [0.717, 1.165) is 47.2 Å². The lowest BCUT2D eigenvalue weighted by molar-refractivity contribution is -0.0314. The van der Waals surface area contributed by atoms with Crippen molar-refractivity contribution < 1.29 is 14.3 Å². The van der Waals surface area contributed by atoms with Crippen molar-refractivity contribution in [2.24, 2.45) is 7.05 Å². The van der Waals surface area contributed by atoms with Crippen molar-refractivity contribution in [2.45, 2.75) is 57.7 Å². The second-order valence-electron chi connectivity index (χ2n) is 11.3. The van der Waals surface area contributed by atoms with Crippen molar-refractivity contribution in [3.63, 3.8) is 0 Å². The number of benzene rings is 2. The number of carbonyl (C=O) groups is 1. The van der Waals surface area contributed by atoms with Gasteiger partial charge in [-0.15, -0.1) is 10.2 Å². The van der Waals surface area contributed by atoms with E-state index in [2.05, 4.69) is 29.4 Å². The first kappa shape index (κ1) is 26.3. The molecule has 6 rings (SSSR count). The molecule has 1 aliphatic heterocycles. The fourth-order valence-corrected chi connectivity index (χ4v) is 5.45. The van der Waals surface area contributed by atoms with Crippen LogP contribution in [0.3, 0.4) is 0 Å². The summed E-state index contributed by atoms with van der Waals surface area (Å²) in [5.74, 6) is 0.760. The molecule has 9 heteroatoms. The highest BCUT2D eigenvalue weighted by Crippen LogP contribution is 2.37. The van der Waals surface area contributed by atoms with Crippen LogP contribution in [0, 0.1) is 5.82 Å². The van der Waals surface area contributed by atoms with E-state index in [0.29, 0.717) is 42.4 Å². The summed E-state index contributed by atoms with van der Waals surface area (Å²) in [5, 5.41) is 21.9. The molecule has 0 bridgehead atoms. The second kappa shape index (κ2) is 10.2. The van der Waals surface area contributed by atoms with Crippen LogP contribution in [-0.4, -0.2) is 42.9 Å². The van der Waals surface area contributed by atoms with E-state index in [1.165, 1.54) is 12.1 Å². The predicted octanol–water partition coefficient (Wildman–Crippen LogP) is 4.97. The lowest BCUT2D eigenvalue weighted by atomic mass is 9.80. The van der Waals surface area contributed by atoms with Crippen LogP contribution < -0.4 is 10.2 Å². The number of fused-ring (bicyclic) bond motifs is 1. The van der Waals surface area contributed by atoms with Gasteiger partial charge in [-0.2, -0.15) is 0 Å². The molecule has 1 fully saturated rings. The number of rotatable bonds is 8. The van der Waals surface area contributed by atoms with Crippen LogP contribution in [0.4, 0.5) is 10.2 Å². The van der Waals surface area contributed by atoms with Crippen LogP contribution in [0.15, 0.2) is 54.9 Å². The fourth-order valence-electron chi connectivity index (χ4n) is 5.45. The van der Waals surface area contributed by atoms with Crippen LogP contribution in [0.1, 0.15) is 66.2 Å². The zero-order valence-electron chi connectivity index (χ0n) is 23.0. The van der Waals surface area contributed by atoms with E-state index < -0.39 is 5.60 Å². The molecule has 0 unspecified atom stereocenters. The Morgan fingerprint density at radius 3 is 2.60 bits per heavy atom. The van der Waals surface area contributed by atoms with Crippen LogP contribution in [0.25, 0.3) is 22.5 Å². The standard InChI is InChI=1S/C31H33FN6O2/c1-19(2)27-12-22(24-8-7-23(32)14-26(24)29-36-34-18-37(29)3)13-28(35-27)38-16-21-6-5-20(11-25(21)30(38)39)15-33-17-31(40)9-4-10-31/h5-8,11-14,18-19,33,40H,4,9-10,15-17H2,1-3H3. The summed E-state index contributed by atoms with van der Waals surface area (Å²) in [6.07, 6.45) is 4.32. The van der Waals surface area contributed by atoms with Gasteiger partial charge in [0.15, 0.2) is 5.82 Å². The molecule has 2 aromatic heterocycles. The van der Waals surface area contributed by atoms with Gasteiger partial charge in [-0.1, -0.05) is 32.0 Å². The van der Waals surface area contributed by atoms with Gasteiger partial charge >= 0.3 is 0 Å². The molecular formula is C31H33FN6O2. The smallest absolute Gasteiger partial charge is 0.260 e. The molecule has 0 saturated heterocycles. The number of aryl methyl sites for hydroxylation is 1. The third-order valence-electron chi connectivity index (χ3n) is 7.99. The number of aliphatic hydroxyl groups is 1. The Morgan fingerprint density at radius 1 is 1.07 bits per heavy atom. The Balaban J connectivity index is 1.32. The van der Waals surface area contributed by atoms with E-state index in [9.17, 15) is 14.3 Å². The van der Waals surface area contributed by atoms with Crippen molar-refractivity contribution >= 4 is 11.7 Å². The van der Waals surface area contributed by atoms with Gasteiger partial charge in [-0.3, -0.25) is 9.69 Å². The Bertz CT molecular complexity index is 1590. The normalized spacial score (nSPS) is 15.9. The molecular weight excluding hydrogens is 507 g/mol. The Labute approximate surface area is 232 Å². The number of hydrogen-bond acceptors (Lipinski definition) is 6. The highest BCUT2D eigenvalue weighted by Gasteiger charge is 2.34. The summed E-state index contributed by atoms with van der Waals surface area (Å²) in [7, 11) is 1.82. The molecule has 4 aromatic rings. The summed E-state index contributed by atoms with van der Waals surface area (Å²) in [6.45, 7) is 5.69. The molecule has 1 aliphatic carbocycles. The molecule has 0 radical (unpaired) electrons. The number of amides is 1. The summed E-state index contributed by atoms with van der Waals surface area (Å²) in [4.78, 5) is 20.2. The molecule has 0 atom stereocenters. The van der Waals surface area contributed by atoms with Crippen LogP contribution in [0.2, 0.25) is 0 Å². The van der Waals surface area contributed by atoms with Gasteiger partial charge in [0.05, 0.1) is 12.1 Å². The molecule has 0 spiro atoms. The highest BCUT2D eigenvalue weighted by atomic mass is 19.1. The first-order valence-electron chi connectivity index (χ1n) is 13.7. The molecule has 2 aliphatic rings. The number of pyridine rings is 1. The number of hydrogen-bond donors (Lipinski definition) is 2.